The summed E-state index contributed by atoms with van der Waals surface area (Å²) in [7, 11) is -3.76. The van der Waals surface area contributed by atoms with Crippen LogP contribution in [0.5, 0.6) is 5.75 Å². The lowest BCUT2D eigenvalue weighted by molar-refractivity contribution is -0.133. The summed E-state index contributed by atoms with van der Waals surface area (Å²) in [6.45, 7) is 5.55. The number of amides is 1. The Morgan fingerprint density at radius 3 is 2.38 bits per heavy atom. The van der Waals surface area contributed by atoms with Gasteiger partial charge in [-0.05, 0) is 67.8 Å². The quantitative estimate of drug-likeness (QED) is 0.184. The number of anilines is 3. The Balaban J connectivity index is 1.00. The molecule has 2 aliphatic rings. The van der Waals surface area contributed by atoms with E-state index in [9.17, 15) is 13.2 Å². The number of nitrogens with zero attached hydrogens (tertiary/aromatic N) is 4. The Labute approximate surface area is 292 Å². The highest BCUT2D eigenvalue weighted by atomic mass is 32.2. The molecule has 0 spiro atoms. The van der Waals surface area contributed by atoms with Gasteiger partial charge in [-0.3, -0.25) is 4.79 Å². The van der Waals surface area contributed by atoms with Crippen molar-refractivity contribution in [3.8, 4) is 17.0 Å². The number of nitrogens with one attached hydrogen (secondary N) is 2. The van der Waals surface area contributed by atoms with E-state index in [4.69, 9.17) is 9.47 Å². The molecule has 0 aliphatic carbocycles. The molecule has 2 aliphatic heterocycles. The SMILES string of the molecule is Cc1ccc(-c2nnc(Nc3ccc(OCC(=O)N4CCN(c5ccccc5)CC4)cc3)c3ccccc23)cc1S(=O)(=O)NC[C@H]1CCCO1. The van der Waals surface area contributed by atoms with Gasteiger partial charge < -0.3 is 24.6 Å². The Bertz CT molecular complexity index is 2060. The standard InChI is InChI=1S/C38H40N6O5S/c1-27-13-14-28(24-35(27)50(46,47)39-25-32-10-7-23-48-32)37-33-11-5-6-12-34(33)38(42-41-37)40-29-15-17-31(18-16-29)49-26-36(45)44-21-19-43(20-22-44)30-8-3-2-4-9-30/h2-6,8-9,11-18,24,32,39H,7,10,19-23,25-26H2,1H3,(H,40,42)/t32-/m1/s1. The van der Waals surface area contributed by atoms with Gasteiger partial charge in [0.2, 0.25) is 10.0 Å². The highest BCUT2D eigenvalue weighted by Crippen LogP contribution is 2.33. The second-order valence-electron chi connectivity index (χ2n) is 12.6. The average molecular weight is 693 g/mol. The zero-order valence-electron chi connectivity index (χ0n) is 27.9. The monoisotopic (exact) mass is 692 g/mol. The van der Waals surface area contributed by atoms with E-state index < -0.39 is 10.0 Å². The molecule has 258 valence electrons. The number of rotatable bonds is 11. The van der Waals surface area contributed by atoms with E-state index in [0.717, 1.165) is 42.4 Å². The van der Waals surface area contributed by atoms with Gasteiger partial charge in [-0.1, -0.05) is 54.6 Å². The first-order valence-corrected chi connectivity index (χ1v) is 18.4. The smallest absolute Gasteiger partial charge is 0.260 e. The molecule has 0 radical (unpaired) electrons. The summed E-state index contributed by atoms with van der Waals surface area (Å²) in [6.07, 6.45) is 1.68. The predicted molar refractivity (Wildman–Crippen MR) is 194 cm³/mol. The Morgan fingerprint density at radius 1 is 0.900 bits per heavy atom. The van der Waals surface area contributed by atoms with E-state index in [1.54, 1.807) is 19.1 Å². The number of carbonyl (C=O) groups is 1. The van der Waals surface area contributed by atoms with E-state index >= 15 is 0 Å². The number of hydrogen-bond acceptors (Lipinski definition) is 9. The van der Waals surface area contributed by atoms with Crippen molar-refractivity contribution >= 4 is 43.9 Å². The van der Waals surface area contributed by atoms with Gasteiger partial charge in [0, 0.05) is 67.0 Å². The number of carbonyl (C=O) groups excluding carboxylic acids is 1. The summed E-state index contributed by atoms with van der Waals surface area (Å²) in [5, 5.41) is 14.1. The Kier molecular flexibility index (Phi) is 9.92. The molecule has 1 aromatic heterocycles. The molecule has 2 saturated heterocycles. The number of ether oxygens (including phenoxy) is 2. The Morgan fingerprint density at radius 2 is 1.64 bits per heavy atom. The van der Waals surface area contributed by atoms with E-state index in [1.165, 1.54) is 5.69 Å². The minimum Gasteiger partial charge on any atom is -0.484 e. The maximum absolute atomic E-state index is 13.3. The van der Waals surface area contributed by atoms with Crippen molar-refractivity contribution in [3.05, 3.63) is 103 Å². The molecule has 7 rings (SSSR count). The number of fused-ring (bicyclic) bond motifs is 1. The van der Waals surface area contributed by atoms with Crippen molar-refractivity contribution in [1.29, 1.82) is 0 Å². The summed E-state index contributed by atoms with van der Waals surface area (Å²) >= 11 is 0. The van der Waals surface area contributed by atoms with Crippen molar-refractivity contribution in [2.24, 2.45) is 0 Å². The fourth-order valence-electron chi connectivity index (χ4n) is 6.39. The van der Waals surface area contributed by atoms with Gasteiger partial charge in [0.05, 0.1) is 11.0 Å². The van der Waals surface area contributed by atoms with Gasteiger partial charge >= 0.3 is 0 Å². The molecule has 3 heterocycles. The van der Waals surface area contributed by atoms with E-state index in [2.05, 4.69) is 37.3 Å². The van der Waals surface area contributed by atoms with E-state index in [0.29, 0.717) is 48.1 Å². The first kappa shape index (κ1) is 33.5. The minimum atomic E-state index is -3.76. The number of para-hydroxylation sites is 1. The van der Waals surface area contributed by atoms with Gasteiger partial charge in [-0.25, -0.2) is 13.1 Å². The van der Waals surface area contributed by atoms with Crippen LogP contribution in [0.2, 0.25) is 0 Å². The summed E-state index contributed by atoms with van der Waals surface area (Å²) in [5.74, 6) is 1.12. The topological polar surface area (TPSA) is 126 Å². The molecule has 0 unspecified atom stereocenters. The van der Waals surface area contributed by atoms with Gasteiger partial charge in [0.25, 0.3) is 5.91 Å². The molecule has 50 heavy (non-hydrogen) atoms. The summed E-state index contributed by atoms with van der Waals surface area (Å²) in [5.41, 5.74) is 3.82. The molecule has 4 aromatic carbocycles. The van der Waals surface area contributed by atoms with Crippen LogP contribution in [0, 0.1) is 6.92 Å². The zero-order chi connectivity index (χ0) is 34.5. The maximum Gasteiger partial charge on any atom is 0.260 e. The van der Waals surface area contributed by atoms with E-state index in [1.807, 2.05) is 77.7 Å². The average Bonchev–Trinajstić information content (AvgIpc) is 3.69. The largest absolute Gasteiger partial charge is 0.484 e. The fraction of sp³-hybridized carbons (Fsp3) is 0.289. The zero-order valence-corrected chi connectivity index (χ0v) is 28.7. The molecule has 11 nitrogen and oxygen atoms in total. The number of benzene rings is 4. The summed E-state index contributed by atoms with van der Waals surface area (Å²) in [4.78, 5) is 17.2. The lowest BCUT2D eigenvalue weighted by atomic mass is 10.0. The molecule has 5 aromatic rings. The van der Waals surface area contributed by atoms with E-state index in [-0.39, 0.29) is 30.1 Å². The van der Waals surface area contributed by atoms with Gasteiger partial charge in [-0.2, -0.15) is 0 Å². The van der Waals surface area contributed by atoms with Crippen LogP contribution in [0.25, 0.3) is 22.0 Å². The number of aryl methyl sites for hydroxylation is 1. The predicted octanol–water partition coefficient (Wildman–Crippen LogP) is 5.53. The molecule has 0 bridgehead atoms. The van der Waals surface area contributed by atoms with Crippen LogP contribution in [-0.4, -0.2) is 81.5 Å². The number of hydrogen-bond donors (Lipinski definition) is 2. The highest BCUT2D eigenvalue weighted by Gasteiger charge is 2.24. The van der Waals surface area contributed by atoms with Crippen LogP contribution >= 0.6 is 0 Å². The third-order valence-electron chi connectivity index (χ3n) is 9.20. The molecule has 2 fully saturated rings. The van der Waals surface area contributed by atoms with Crippen LogP contribution in [0.15, 0.2) is 102 Å². The molecule has 0 saturated carbocycles. The third kappa shape index (κ3) is 7.57. The molecular weight excluding hydrogens is 653 g/mol. The lowest BCUT2D eigenvalue weighted by Crippen LogP contribution is -2.50. The van der Waals surface area contributed by atoms with Crippen molar-refractivity contribution in [3.63, 3.8) is 0 Å². The van der Waals surface area contributed by atoms with Crippen LogP contribution in [-0.2, 0) is 19.6 Å². The second-order valence-corrected chi connectivity index (χ2v) is 14.3. The van der Waals surface area contributed by atoms with Crippen molar-refractivity contribution in [2.75, 3.05) is 56.2 Å². The minimum absolute atomic E-state index is 0.0251. The van der Waals surface area contributed by atoms with Crippen molar-refractivity contribution < 1.29 is 22.7 Å². The van der Waals surface area contributed by atoms with Gasteiger partial charge in [-0.15, -0.1) is 10.2 Å². The number of piperazine rings is 1. The van der Waals surface area contributed by atoms with Crippen LogP contribution < -0.4 is 19.7 Å². The summed E-state index contributed by atoms with van der Waals surface area (Å²) < 4.78 is 40.8. The van der Waals surface area contributed by atoms with Gasteiger partial charge in [0.1, 0.15) is 11.4 Å². The lowest BCUT2D eigenvalue weighted by Gasteiger charge is -2.36. The van der Waals surface area contributed by atoms with Crippen molar-refractivity contribution in [1.82, 2.24) is 19.8 Å². The number of sulfonamides is 1. The first-order chi connectivity index (χ1) is 24.3. The Hall–Kier alpha value is -5.04. The van der Waals surface area contributed by atoms with Crippen LogP contribution in [0.3, 0.4) is 0 Å². The maximum atomic E-state index is 13.3. The highest BCUT2D eigenvalue weighted by molar-refractivity contribution is 7.89. The van der Waals surface area contributed by atoms with Gasteiger partial charge in [0.15, 0.2) is 12.4 Å². The van der Waals surface area contributed by atoms with Crippen LogP contribution in [0.1, 0.15) is 18.4 Å². The number of aromatic nitrogens is 2. The third-order valence-corrected chi connectivity index (χ3v) is 10.8. The molecule has 2 N–H and O–H groups in total. The normalized spacial score (nSPS) is 16.5. The molecular formula is C38H40N6O5S. The summed E-state index contributed by atoms with van der Waals surface area (Å²) in [6, 6.07) is 30.7. The first-order valence-electron chi connectivity index (χ1n) is 16.9. The fourth-order valence-corrected chi connectivity index (χ4v) is 7.73. The molecule has 12 heteroatoms. The second kappa shape index (κ2) is 14.8. The molecule has 1 amide bonds. The van der Waals surface area contributed by atoms with Crippen LogP contribution in [0.4, 0.5) is 17.2 Å². The molecule has 1 atom stereocenters. The van der Waals surface area contributed by atoms with Crippen molar-refractivity contribution in [2.45, 2.75) is 30.8 Å².